The quantitative estimate of drug-likeness (QED) is 0.715. The number of hydrogen-bond donors (Lipinski definition) is 2. The molecule has 0 aromatic carbocycles. The van der Waals surface area contributed by atoms with E-state index >= 15 is 0 Å². The second-order valence-electron chi connectivity index (χ2n) is 7.98. The molecule has 4 rings (SSSR count). The number of pyridine rings is 2. The van der Waals surface area contributed by atoms with Gasteiger partial charge in [0.25, 0.3) is 6.47 Å². The number of likely N-dealkylation sites (tertiary alicyclic amines) is 1. The zero-order chi connectivity index (χ0) is 21.7. The summed E-state index contributed by atoms with van der Waals surface area (Å²) in [4.78, 5) is 19.6. The number of halogens is 1. The number of carboxylic acid groups (broad SMARTS) is 1. The lowest BCUT2D eigenvalue weighted by molar-refractivity contribution is -0.122. The Morgan fingerprint density at radius 2 is 1.93 bits per heavy atom. The molecule has 1 saturated carbocycles. The largest absolute Gasteiger partial charge is 0.486 e. The highest BCUT2D eigenvalue weighted by Gasteiger charge is 2.42. The van der Waals surface area contributed by atoms with E-state index < -0.39 is 6.10 Å². The summed E-state index contributed by atoms with van der Waals surface area (Å²) < 4.78 is 6.17. The second kappa shape index (κ2) is 10.2. The van der Waals surface area contributed by atoms with Gasteiger partial charge in [0.2, 0.25) is 0 Å². The molecule has 2 aromatic rings. The molecule has 0 bridgehead atoms. The number of aromatic nitrogens is 2. The third kappa shape index (κ3) is 5.47. The molecule has 0 radical (unpaired) electrons. The molecule has 3 heterocycles. The predicted molar refractivity (Wildman–Crippen MR) is 114 cm³/mol. The molecule has 162 valence electrons. The number of ether oxygens (including phenoxy) is 1. The highest BCUT2D eigenvalue weighted by molar-refractivity contribution is 6.31. The van der Waals surface area contributed by atoms with Crippen molar-refractivity contribution in [1.82, 2.24) is 14.9 Å². The van der Waals surface area contributed by atoms with Gasteiger partial charge >= 0.3 is 0 Å². The summed E-state index contributed by atoms with van der Waals surface area (Å²) in [5, 5.41) is 18.3. The van der Waals surface area contributed by atoms with E-state index in [1.807, 2.05) is 38.1 Å². The lowest BCUT2D eigenvalue weighted by Gasteiger charge is -2.35. The second-order valence-corrected chi connectivity index (χ2v) is 8.39. The molecule has 8 heteroatoms. The first-order valence-electron chi connectivity index (χ1n) is 10.1. The summed E-state index contributed by atoms with van der Waals surface area (Å²) in [6, 6.07) is 7.66. The Hall–Kier alpha value is -2.22. The minimum absolute atomic E-state index is 0.173. The lowest BCUT2D eigenvalue weighted by atomic mass is 9.78. The van der Waals surface area contributed by atoms with Crippen LogP contribution < -0.4 is 4.74 Å². The maximum absolute atomic E-state index is 10.6. The van der Waals surface area contributed by atoms with Crippen molar-refractivity contribution in [3.05, 3.63) is 52.6 Å². The van der Waals surface area contributed by atoms with Crippen molar-refractivity contribution in [3.8, 4) is 5.75 Å². The Morgan fingerprint density at radius 1 is 1.23 bits per heavy atom. The number of hydrogen-bond acceptors (Lipinski definition) is 6. The molecule has 2 aromatic heterocycles. The highest BCUT2D eigenvalue weighted by Crippen LogP contribution is 2.39. The Bertz CT molecular complexity index is 866. The molecule has 0 unspecified atom stereocenters. The van der Waals surface area contributed by atoms with Crippen LogP contribution in [0.2, 0.25) is 5.02 Å². The SMILES string of the molecule is Cc1ccc(O[C@@H]2C[C@@H]3CN(Cc4ncccc4Cl)C[C@@H]3C[C@H]2O)c(C)n1.O=CO. The van der Waals surface area contributed by atoms with Crippen LogP contribution in [0, 0.1) is 25.7 Å². The number of aliphatic hydroxyl groups is 1. The topological polar surface area (TPSA) is 95.8 Å². The third-order valence-corrected chi connectivity index (χ3v) is 6.17. The van der Waals surface area contributed by atoms with Gasteiger partial charge in [0, 0.05) is 31.5 Å². The first-order chi connectivity index (χ1) is 14.4. The van der Waals surface area contributed by atoms with Crippen LogP contribution in [-0.2, 0) is 11.3 Å². The van der Waals surface area contributed by atoms with Crippen LogP contribution in [0.4, 0.5) is 0 Å². The summed E-state index contributed by atoms with van der Waals surface area (Å²) in [7, 11) is 0. The molecule has 0 amide bonds. The van der Waals surface area contributed by atoms with E-state index in [0.717, 1.165) is 60.3 Å². The van der Waals surface area contributed by atoms with E-state index in [4.69, 9.17) is 26.2 Å². The van der Waals surface area contributed by atoms with Crippen LogP contribution in [-0.4, -0.2) is 56.9 Å². The molecule has 4 atom stereocenters. The zero-order valence-corrected chi connectivity index (χ0v) is 18.0. The molecular formula is C22H28ClN3O4. The zero-order valence-electron chi connectivity index (χ0n) is 17.2. The number of carbonyl (C=O) groups is 1. The van der Waals surface area contributed by atoms with Crippen LogP contribution in [0.3, 0.4) is 0 Å². The third-order valence-electron chi connectivity index (χ3n) is 5.82. The summed E-state index contributed by atoms with van der Waals surface area (Å²) >= 11 is 6.26. The number of nitrogens with zero attached hydrogens (tertiary/aromatic N) is 3. The Kier molecular flexibility index (Phi) is 7.64. The monoisotopic (exact) mass is 433 g/mol. The van der Waals surface area contributed by atoms with Crippen molar-refractivity contribution in [1.29, 1.82) is 0 Å². The molecule has 1 aliphatic heterocycles. The van der Waals surface area contributed by atoms with Crippen LogP contribution in [0.25, 0.3) is 0 Å². The Balaban J connectivity index is 0.000000806. The number of aliphatic hydroxyl groups excluding tert-OH is 1. The smallest absolute Gasteiger partial charge is 0.290 e. The van der Waals surface area contributed by atoms with E-state index in [0.29, 0.717) is 11.8 Å². The van der Waals surface area contributed by atoms with Gasteiger partial charge in [-0.3, -0.25) is 19.7 Å². The van der Waals surface area contributed by atoms with Gasteiger partial charge in [-0.2, -0.15) is 0 Å². The molecule has 2 N–H and O–H groups in total. The summed E-state index contributed by atoms with van der Waals surface area (Å²) in [5.74, 6) is 1.80. The molecule has 2 fully saturated rings. The van der Waals surface area contributed by atoms with E-state index in [2.05, 4.69) is 14.9 Å². The van der Waals surface area contributed by atoms with Gasteiger partial charge in [-0.15, -0.1) is 0 Å². The van der Waals surface area contributed by atoms with Gasteiger partial charge in [0.1, 0.15) is 11.9 Å². The van der Waals surface area contributed by atoms with Crippen LogP contribution in [0.15, 0.2) is 30.5 Å². The number of rotatable bonds is 4. The molecule has 0 spiro atoms. The average Bonchev–Trinajstić information content (AvgIpc) is 3.07. The predicted octanol–water partition coefficient (Wildman–Crippen LogP) is 3.10. The maximum Gasteiger partial charge on any atom is 0.290 e. The molecule has 2 aliphatic rings. The standard InChI is InChI=1S/C21H26ClN3O2.CH2O2/c1-13-5-6-20(14(2)24-13)27-21-9-16-11-25(10-15(16)8-19(21)26)12-18-17(22)4-3-7-23-18;2-1-3/h3-7,15-16,19,21,26H,8-12H2,1-2H3;1H,(H,2,3)/t15-,16+,19+,21+;/m0./s1. The molecule has 30 heavy (non-hydrogen) atoms. The minimum atomic E-state index is -0.439. The summed E-state index contributed by atoms with van der Waals surface area (Å²) in [6.07, 6.45) is 2.82. The molecular weight excluding hydrogens is 406 g/mol. The molecule has 1 saturated heterocycles. The van der Waals surface area contributed by atoms with E-state index in [1.54, 1.807) is 6.20 Å². The van der Waals surface area contributed by atoms with Crippen LogP contribution in [0.5, 0.6) is 5.75 Å². The Morgan fingerprint density at radius 3 is 2.60 bits per heavy atom. The van der Waals surface area contributed by atoms with Gasteiger partial charge in [-0.05, 0) is 62.8 Å². The van der Waals surface area contributed by atoms with E-state index in [-0.39, 0.29) is 12.6 Å². The van der Waals surface area contributed by atoms with Crippen molar-refractivity contribution in [2.45, 2.75) is 45.4 Å². The Labute approximate surface area is 181 Å². The summed E-state index contributed by atoms with van der Waals surface area (Å²) in [6.45, 7) is 6.41. The number of aryl methyl sites for hydroxylation is 2. The van der Waals surface area contributed by atoms with Gasteiger partial charge in [-0.1, -0.05) is 11.6 Å². The van der Waals surface area contributed by atoms with E-state index in [1.165, 1.54) is 0 Å². The van der Waals surface area contributed by atoms with Gasteiger partial charge in [-0.25, -0.2) is 0 Å². The summed E-state index contributed by atoms with van der Waals surface area (Å²) in [5.41, 5.74) is 2.78. The minimum Gasteiger partial charge on any atom is -0.486 e. The maximum atomic E-state index is 10.6. The number of fused-ring (bicyclic) bond motifs is 1. The van der Waals surface area contributed by atoms with Crippen LogP contribution in [0.1, 0.15) is 29.9 Å². The highest BCUT2D eigenvalue weighted by atomic mass is 35.5. The first-order valence-corrected chi connectivity index (χ1v) is 10.5. The van der Waals surface area contributed by atoms with Gasteiger partial charge in [0.05, 0.1) is 22.5 Å². The van der Waals surface area contributed by atoms with Gasteiger partial charge in [0.15, 0.2) is 0 Å². The van der Waals surface area contributed by atoms with E-state index in [9.17, 15) is 5.11 Å². The van der Waals surface area contributed by atoms with Crippen molar-refractivity contribution >= 4 is 18.1 Å². The van der Waals surface area contributed by atoms with Crippen molar-refractivity contribution in [2.75, 3.05) is 13.1 Å². The normalized spacial score (nSPS) is 25.7. The fourth-order valence-electron chi connectivity index (χ4n) is 4.45. The van der Waals surface area contributed by atoms with Gasteiger partial charge < -0.3 is 14.9 Å². The van der Waals surface area contributed by atoms with Crippen molar-refractivity contribution in [2.24, 2.45) is 11.8 Å². The van der Waals surface area contributed by atoms with Crippen molar-refractivity contribution in [3.63, 3.8) is 0 Å². The fourth-order valence-corrected chi connectivity index (χ4v) is 4.63. The first kappa shape index (κ1) is 22.5. The lowest BCUT2D eigenvalue weighted by Crippen LogP contribution is -2.42. The fraction of sp³-hybridized carbons (Fsp3) is 0.500. The van der Waals surface area contributed by atoms with Crippen LogP contribution >= 0.6 is 11.6 Å². The molecule has 1 aliphatic carbocycles. The average molecular weight is 434 g/mol. The molecule has 7 nitrogen and oxygen atoms in total. The van der Waals surface area contributed by atoms with Crippen molar-refractivity contribution < 1.29 is 19.7 Å².